The summed E-state index contributed by atoms with van der Waals surface area (Å²) in [5.74, 6) is 0.384. The summed E-state index contributed by atoms with van der Waals surface area (Å²) in [4.78, 5) is 18.5. The number of H-pyrrole nitrogens is 1. The Hall–Kier alpha value is -0.943. The fourth-order valence-corrected chi connectivity index (χ4v) is 4.52. The standard InChI is InChI=1S/C13H24N2O2Si/c1-4-5-10-18(2,3)12(17)7-6-11(16)13-14-8-9-15-13/h8-9,12,17H,4-7,10H2,1-3H3,(H,14,15). The Morgan fingerprint density at radius 3 is 2.83 bits per heavy atom. The fourth-order valence-electron chi connectivity index (χ4n) is 1.99. The number of imidazole rings is 1. The molecule has 0 fully saturated rings. The summed E-state index contributed by atoms with van der Waals surface area (Å²) < 4.78 is 0. The summed E-state index contributed by atoms with van der Waals surface area (Å²) in [5, 5.41) is 10.2. The monoisotopic (exact) mass is 268 g/mol. The number of unbranched alkanes of at least 4 members (excludes halogenated alkanes) is 1. The molecule has 0 saturated heterocycles. The molecule has 0 aliphatic heterocycles. The molecule has 0 saturated carbocycles. The van der Waals surface area contributed by atoms with E-state index in [4.69, 9.17) is 0 Å². The van der Waals surface area contributed by atoms with Crippen LogP contribution >= 0.6 is 0 Å². The van der Waals surface area contributed by atoms with Gasteiger partial charge in [0.15, 0.2) is 11.6 Å². The molecule has 1 aromatic heterocycles. The Bertz CT molecular complexity index is 363. The van der Waals surface area contributed by atoms with E-state index in [9.17, 15) is 9.90 Å². The van der Waals surface area contributed by atoms with Crippen LogP contribution in [0.1, 0.15) is 43.2 Å². The third kappa shape index (κ3) is 4.38. The van der Waals surface area contributed by atoms with Crippen molar-refractivity contribution in [2.75, 3.05) is 0 Å². The van der Waals surface area contributed by atoms with Crippen molar-refractivity contribution < 1.29 is 9.90 Å². The van der Waals surface area contributed by atoms with E-state index in [2.05, 4.69) is 30.0 Å². The largest absolute Gasteiger partial charge is 0.397 e. The lowest BCUT2D eigenvalue weighted by atomic mass is 10.2. The summed E-state index contributed by atoms with van der Waals surface area (Å²) in [7, 11) is -1.61. The van der Waals surface area contributed by atoms with Gasteiger partial charge < -0.3 is 10.1 Å². The summed E-state index contributed by atoms with van der Waals surface area (Å²) in [5.41, 5.74) is -0.303. The topological polar surface area (TPSA) is 66.0 Å². The Morgan fingerprint density at radius 2 is 2.28 bits per heavy atom. The van der Waals surface area contributed by atoms with Gasteiger partial charge >= 0.3 is 0 Å². The van der Waals surface area contributed by atoms with Gasteiger partial charge in [-0.2, -0.15) is 0 Å². The first kappa shape index (κ1) is 15.1. The van der Waals surface area contributed by atoms with Crippen molar-refractivity contribution in [1.29, 1.82) is 0 Å². The van der Waals surface area contributed by atoms with Crippen LogP contribution in [0.2, 0.25) is 19.1 Å². The zero-order valence-corrected chi connectivity index (χ0v) is 12.6. The van der Waals surface area contributed by atoms with E-state index in [1.165, 1.54) is 6.42 Å². The third-order valence-electron chi connectivity index (χ3n) is 3.48. The zero-order valence-electron chi connectivity index (χ0n) is 11.6. The number of hydrogen-bond donors (Lipinski definition) is 2. The molecule has 2 N–H and O–H groups in total. The number of aromatic amines is 1. The number of rotatable bonds is 8. The lowest BCUT2D eigenvalue weighted by molar-refractivity contribution is 0.0954. The molecule has 0 radical (unpaired) electrons. The van der Waals surface area contributed by atoms with Crippen LogP contribution in [0.4, 0.5) is 0 Å². The Kier molecular flexibility index (Phi) is 5.75. The quantitative estimate of drug-likeness (QED) is 0.563. The van der Waals surface area contributed by atoms with Gasteiger partial charge in [-0.3, -0.25) is 4.79 Å². The van der Waals surface area contributed by atoms with Gasteiger partial charge in [0.1, 0.15) is 0 Å². The van der Waals surface area contributed by atoms with E-state index < -0.39 is 8.07 Å². The molecule has 1 aromatic rings. The Morgan fingerprint density at radius 1 is 1.56 bits per heavy atom. The number of carbonyl (C=O) groups is 1. The number of ketones is 1. The second kappa shape index (κ2) is 6.85. The van der Waals surface area contributed by atoms with E-state index in [1.807, 2.05) is 0 Å². The molecular formula is C13H24N2O2Si. The highest BCUT2D eigenvalue weighted by Gasteiger charge is 2.29. The number of nitrogens with one attached hydrogen (secondary N) is 1. The normalized spacial score (nSPS) is 13.6. The van der Waals surface area contributed by atoms with Gasteiger partial charge in [0.25, 0.3) is 0 Å². The third-order valence-corrected chi connectivity index (χ3v) is 7.22. The molecular weight excluding hydrogens is 244 g/mol. The van der Waals surface area contributed by atoms with E-state index in [0.29, 0.717) is 18.7 Å². The Balaban J connectivity index is 2.40. The minimum absolute atomic E-state index is 0.0145. The average Bonchev–Trinajstić information content (AvgIpc) is 2.86. The van der Waals surface area contributed by atoms with Gasteiger partial charge in [-0.1, -0.05) is 38.9 Å². The maximum Gasteiger partial charge on any atom is 0.198 e. The average molecular weight is 268 g/mol. The molecule has 0 aliphatic rings. The molecule has 0 aliphatic carbocycles. The second-order valence-electron chi connectivity index (χ2n) is 5.51. The summed E-state index contributed by atoms with van der Waals surface area (Å²) in [6, 6.07) is 1.12. The first-order chi connectivity index (χ1) is 8.47. The van der Waals surface area contributed by atoms with Crippen molar-refractivity contribution in [3.63, 3.8) is 0 Å². The van der Waals surface area contributed by atoms with Crippen LogP contribution in [0.25, 0.3) is 0 Å². The van der Waals surface area contributed by atoms with Crippen LogP contribution in [-0.4, -0.2) is 34.7 Å². The highest BCUT2D eigenvalue weighted by Crippen LogP contribution is 2.21. The highest BCUT2D eigenvalue weighted by molar-refractivity contribution is 6.78. The zero-order chi connectivity index (χ0) is 13.6. The molecule has 0 aromatic carbocycles. The lowest BCUT2D eigenvalue weighted by Crippen LogP contribution is -2.41. The SMILES string of the molecule is CCCC[Si](C)(C)C(O)CCC(=O)c1ncc[nH]1. The molecule has 5 heteroatoms. The molecule has 0 spiro atoms. The molecule has 1 atom stereocenters. The number of hydrogen-bond acceptors (Lipinski definition) is 3. The van der Waals surface area contributed by atoms with Crippen molar-refractivity contribution >= 4 is 13.9 Å². The van der Waals surface area contributed by atoms with Crippen LogP contribution in [0.3, 0.4) is 0 Å². The van der Waals surface area contributed by atoms with Crippen LogP contribution in [0, 0.1) is 0 Å². The van der Waals surface area contributed by atoms with E-state index >= 15 is 0 Å². The summed E-state index contributed by atoms with van der Waals surface area (Å²) >= 11 is 0. The first-order valence-electron chi connectivity index (χ1n) is 6.68. The van der Waals surface area contributed by atoms with E-state index in [1.54, 1.807) is 12.4 Å². The predicted molar refractivity (Wildman–Crippen MR) is 75.4 cm³/mol. The molecule has 4 nitrogen and oxygen atoms in total. The van der Waals surface area contributed by atoms with Gasteiger partial charge in [-0.25, -0.2) is 4.98 Å². The minimum Gasteiger partial charge on any atom is -0.397 e. The van der Waals surface area contributed by atoms with E-state index in [-0.39, 0.29) is 11.5 Å². The maximum atomic E-state index is 11.8. The van der Waals surface area contributed by atoms with Crippen molar-refractivity contribution in [3.8, 4) is 0 Å². The van der Waals surface area contributed by atoms with Gasteiger partial charge in [-0.15, -0.1) is 0 Å². The van der Waals surface area contributed by atoms with Crippen LogP contribution in [0.15, 0.2) is 12.4 Å². The Labute approximate surface area is 110 Å². The lowest BCUT2D eigenvalue weighted by Gasteiger charge is -2.28. The van der Waals surface area contributed by atoms with Crippen molar-refractivity contribution in [1.82, 2.24) is 9.97 Å². The fraction of sp³-hybridized carbons (Fsp3) is 0.692. The smallest absolute Gasteiger partial charge is 0.198 e. The van der Waals surface area contributed by atoms with Gasteiger partial charge in [0.05, 0.1) is 8.07 Å². The van der Waals surface area contributed by atoms with Crippen LogP contribution in [0.5, 0.6) is 0 Å². The highest BCUT2D eigenvalue weighted by atomic mass is 28.3. The number of Topliss-reactive ketones (excluding diaryl/α,β-unsaturated/α-hetero) is 1. The summed E-state index contributed by atoms with van der Waals surface area (Å²) in [6.45, 7) is 6.56. The van der Waals surface area contributed by atoms with Crippen LogP contribution in [-0.2, 0) is 0 Å². The van der Waals surface area contributed by atoms with Crippen molar-refractivity contribution in [2.45, 2.75) is 57.5 Å². The molecule has 1 unspecified atom stereocenters. The number of aromatic nitrogens is 2. The first-order valence-corrected chi connectivity index (χ1v) is 9.96. The van der Waals surface area contributed by atoms with Crippen molar-refractivity contribution in [2.24, 2.45) is 0 Å². The molecule has 0 amide bonds. The molecule has 18 heavy (non-hydrogen) atoms. The number of nitrogens with zero attached hydrogens (tertiary/aromatic N) is 1. The molecule has 1 heterocycles. The van der Waals surface area contributed by atoms with Gasteiger partial charge in [-0.05, 0) is 6.42 Å². The minimum atomic E-state index is -1.61. The number of carbonyl (C=O) groups excluding carboxylic acids is 1. The van der Waals surface area contributed by atoms with E-state index in [0.717, 1.165) is 12.5 Å². The summed E-state index contributed by atoms with van der Waals surface area (Å²) in [6.07, 6.45) is 6.48. The predicted octanol–water partition coefficient (Wildman–Crippen LogP) is 2.78. The number of aliphatic hydroxyl groups excluding tert-OH is 1. The number of aliphatic hydroxyl groups is 1. The van der Waals surface area contributed by atoms with Crippen molar-refractivity contribution in [3.05, 3.63) is 18.2 Å². The van der Waals surface area contributed by atoms with Gasteiger partial charge in [0, 0.05) is 24.5 Å². The molecule has 0 bridgehead atoms. The maximum absolute atomic E-state index is 11.8. The molecule has 102 valence electrons. The van der Waals surface area contributed by atoms with Crippen LogP contribution < -0.4 is 0 Å². The second-order valence-corrected chi connectivity index (χ2v) is 10.7. The van der Waals surface area contributed by atoms with Gasteiger partial charge in [0.2, 0.25) is 0 Å². The molecule has 1 rings (SSSR count).